The maximum absolute atomic E-state index is 5.88. The van der Waals surface area contributed by atoms with Gasteiger partial charge in [-0.05, 0) is 31.4 Å². The molecule has 2 atom stereocenters. The molecule has 0 spiro atoms. The van der Waals surface area contributed by atoms with Crippen LogP contribution in [0.2, 0.25) is 0 Å². The fourth-order valence-electron chi connectivity index (χ4n) is 2.92. The molecule has 2 aromatic rings. The highest BCUT2D eigenvalue weighted by Gasteiger charge is 2.24. The molecule has 0 saturated heterocycles. The number of nitrogens with one attached hydrogen (secondary N) is 1. The van der Waals surface area contributed by atoms with Crippen molar-refractivity contribution in [1.29, 1.82) is 0 Å². The molecule has 4 heteroatoms. The smallest absolute Gasteiger partial charge is 0.176 e. The first-order valence-electron chi connectivity index (χ1n) is 7.11. The minimum atomic E-state index is 0.406. The van der Waals surface area contributed by atoms with E-state index in [0.717, 1.165) is 41.9 Å². The lowest BCUT2D eigenvalue weighted by Crippen LogP contribution is -2.26. The molecule has 3 rings (SSSR count). The van der Waals surface area contributed by atoms with Crippen LogP contribution in [0.4, 0.5) is 0 Å². The number of benzene rings is 1. The largest absolute Gasteiger partial charge is 0.493 e. The topological polar surface area (TPSA) is 43.6 Å². The Hall–Kier alpha value is -1.52. The molecule has 0 amide bonds. The quantitative estimate of drug-likeness (QED) is 0.910. The van der Waals surface area contributed by atoms with Crippen LogP contribution in [0.15, 0.2) is 28.7 Å². The minimum Gasteiger partial charge on any atom is -0.493 e. The van der Waals surface area contributed by atoms with E-state index in [1.807, 2.05) is 18.2 Å². The fourth-order valence-corrected chi connectivity index (χ4v) is 2.92. The molecule has 1 aliphatic rings. The third kappa shape index (κ3) is 2.67. The fraction of sp³-hybridized carbons (Fsp3) is 0.500. The standard InChI is InChI=1S/C16H21NO3/c1-18-13-7-6-12(9-13)17-10-14-8-11-4-3-5-15(19-2)16(11)20-14/h3-5,8,12-13,17H,6-7,9-10H2,1-2H3. The zero-order valence-electron chi connectivity index (χ0n) is 12.0. The Balaban J connectivity index is 1.66. The number of hydrogen-bond acceptors (Lipinski definition) is 4. The molecule has 1 fully saturated rings. The van der Waals surface area contributed by atoms with E-state index in [1.54, 1.807) is 14.2 Å². The van der Waals surface area contributed by atoms with E-state index in [1.165, 1.54) is 6.42 Å². The van der Waals surface area contributed by atoms with Crippen LogP contribution >= 0.6 is 0 Å². The summed E-state index contributed by atoms with van der Waals surface area (Å²) in [6.07, 6.45) is 3.80. The van der Waals surface area contributed by atoms with Crippen LogP contribution in [0.25, 0.3) is 11.0 Å². The van der Waals surface area contributed by atoms with Crippen LogP contribution in [0.1, 0.15) is 25.0 Å². The lowest BCUT2D eigenvalue weighted by atomic mass is 10.2. The van der Waals surface area contributed by atoms with E-state index in [0.29, 0.717) is 12.1 Å². The second-order valence-corrected chi connectivity index (χ2v) is 5.34. The van der Waals surface area contributed by atoms with Crippen molar-refractivity contribution in [3.05, 3.63) is 30.0 Å². The van der Waals surface area contributed by atoms with Gasteiger partial charge in [0.25, 0.3) is 0 Å². The molecule has 1 aromatic carbocycles. The first-order valence-corrected chi connectivity index (χ1v) is 7.11. The van der Waals surface area contributed by atoms with Crippen molar-refractivity contribution >= 4 is 11.0 Å². The highest BCUT2D eigenvalue weighted by molar-refractivity contribution is 5.83. The molecule has 0 bridgehead atoms. The zero-order chi connectivity index (χ0) is 13.9. The Morgan fingerprint density at radius 2 is 2.20 bits per heavy atom. The third-order valence-electron chi connectivity index (χ3n) is 4.06. The first-order chi connectivity index (χ1) is 9.80. The lowest BCUT2D eigenvalue weighted by molar-refractivity contribution is 0.107. The van der Waals surface area contributed by atoms with E-state index in [2.05, 4.69) is 11.4 Å². The summed E-state index contributed by atoms with van der Waals surface area (Å²) in [6, 6.07) is 8.54. The average molecular weight is 275 g/mol. The van der Waals surface area contributed by atoms with E-state index < -0.39 is 0 Å². The van der Waals surface area contributed by atoms with E-state index in [-0.39, 0.29) is 0 Å². The first kappa shape index (κ1) is 13.5. The summed E-state index contributed by atoms with van der Waals surface area (Å²) in [5, 5.41) is 4.63. The Morgan fingerprint density at radius 1 is 1.30 bits per heavy atom. The zero-order valence-corrected chi connectivity index (χ0v) is 12.0. The van der Waals surface area contributed by atoms with Crippen molar-refractivity contribution in [2.45, 2.75) is 38.0 Å². The summed E-state index contributed by atoms with van der Waals surface area (Å²) in [7, 11) is 3.46. The Morgan fingerprint density at radius 3 is 2.95 bits per heavy atom. The van der Waals surface area contributed by atoms with Gasteiger partial charge in [-0.25, -0.2) is 0 Å². The van der Waals surface area contributed by atoms with Gasteiger partial charge < -0.3 is 19.2 Å². The van der Waals surface area contributed by atoms with Crippen molar-refractivity contribution in [3.8, 4) is 5.75 Å². The third-order valence-corrected chi connectivity index (χ3v) is 4.06. The normalized spacial score (nSPS) is 22.5. The van der Waals surface area contributed by atoms with Gasteiger partial charge in [-0.1, -0.05) is 12.1 Å². The van der Waals surface area contributed by atoms with Crippen LogP contribution in [0, 0.1) is 0 Å². The molecule has 1 N–H and O–H groups in total. The summed E-state index contributed by atoms with van der Waals surface area (Å²) in [4.78, 5) is 0. The van der Waals surface area contributed by atoms with Gasteiger partial charge in [0.2, 0.25) is 0 Å². The van der Waals surface area contributed by atoms with Gasteiger partial charge in [-0.2, -0.15) is 0 Å². The molecule has 1 saturated carbocycles. The highest BCUT2D eigenvalue weighted by atomic mass is 16.5. The van der Waals surface area contributed by atoms with Crippen LogP contribution in [-0.2, 0) is 11.3 Å². The Labute approximate surface area is 119 Å². The summed E-state index contributed by atoms with van der Waals surface area (Å²) >= 11 is 0. The number of para-hydroxylation sites is 1. The molecule has 2 unspecified atom stereocenters. The van der Waals surface area contributed by atoms with Gasteiger partial charge in [0.1, 0.15) is 5.76 Å². The minimum absolute atomic E-state index is 0.406. The second-order valence-electron chi connectivity index (χ2n) is 5.34. The van der Waals surface area contributed by atoms with E-state index in [4.69, 9.17) is 13.9 Å². The summed E-state index contributed by atoms with van der Waals surface area (Å²) in [5.41, 5.74) is 0.827. The lowest BCUT2D eigenvalue weighted by Gasteiger charge is -2.11. The molecule has 0 aliphatic heterocycles. The number of fused-ring (bicyclic) bond motifs is 1. The van der Waals surface area contributed by atoms with Crippen molar-refractivity contribution < 1.29 is 13.9 Å². The summed E-state index contributed by atoms with van der Waals surface area (Å²) in [5.74, 6) is 1.74. The van der Waals surface area contributed by atoms with Crippen molar-refractivity contribution in [2.75, 3.05) is 14.2 Å². The van der Waals surface area contributed by atoms with Crippen LogP contribution in [0.5, 0.6) is 5.75 Å². The van der Waals surface area contributed by atoms with Crippen LogP contribution < -0.4 is 10.1 Å². The van der Waals surface area contributed by atoms with Crippen molar-refractivity contribution in [2.24, 2.45) is 0 Å². The van der Waals surface area contributed by atoms with Gasteiger partial charge in [-0.15, -0.1) is 0 Å². The van der Waals surface area contributed by atoms with Gasteiger partial charge in [0, 0.05) is 18.5 Å². The molecule has 1 heterocycles. The molecular weight excluding hydrogens is 254 g/mol. The average Bonchev–Trinajstić information content (AvgIpc) is 3.10. The van der Waals surface area contributed by atoms with Crippen molar-refractivity contribution in [1.82, 2.24) is 5.32 Å². The van der Waals surface area contributed by atoms with Crippen molar-refractivity contribution in [3.63, 3.8) is 0 Å². The number of hydrogen-bond donors (Lipinski definition) is 1. The second kappa shape index (κ2) is 5.85. The SMILES string of the molecule is COc1cccc2cc(CNC3CCC(OC)C3)oc12. The number of ether oxygens (including phenoxy) is 2. The van der Waals surface area contributed by atoms with Crippen LogP contribution in [-0.4, -0.2) is 26.4 Å². The monoisotopic (exact) mass is 275 g/mol. The molecule has 20 heavy (non-hydrogen) atoms. The number of furan rings is 1. The van der Waals surface area contributed by atoms with Gasteiger partial charge in [-0.3, -0.25) is 0 Å². The van der Waals surface area contributed by atoms with Gasteiger partial charge >= 0.3 is 0 Å². The number of methoxy groups -OCH3 is 2. The molecule has 1 aromatic heterocycles. The molecular formula is C16H21NO3. The predicted molar refractivity (Wildman–Crippen MR) is 78.0 cm³/mol. The number of rotatable bonds is 5. The van der Waals surface area contributed by atoms with Crippen LogP contribution in [0.3, 0.4) is 0 Å². The van der Waals surface area contributed by atoms with E-state index >= 15 is 0 Å². The maximum atomic E-state index is 5.88. The van der Waals surface area contributed by atoms with Gasteiger partial charge in [0.05, 0.1) is 19.8 Å². The molecule has 4 nitrogen and oxygen atoms in total. The predicted octanol–water partition coefficient (Wildman–Crippen LogP) is 3.10. The summed E-state index contributed by atoms with van der Waals surface area (Å²) < 4.78 is 16.6. The van der Waals surface area contributed by atoms with Gasteiger partial charge in [0.15, 0.2) is 11.3 Å². The summed E-state index contributed by atoms with van der Waals surface area (Å²) in [6.45, 7) is 0.749. The Kier molecular flexibility index (Phi) is 3.94. The molecule has 0 radical (unpaired) electrons. The molecule has 108 valence electrons. The maximum Gasteiger partial charge on any atom is 0.176 e. The molecule has 1 aliphatic carbocycles. The highest BCUT2D eigenvalue weighted by Crippen LogP contribution is 2.29. The Bertz CT molecular complexity index is 578. The van der Waals surface area contributed by atoms with E-state index in [9.17, 15) is 0 Å².